The molecule has 5 rings (SSSR count). The zero-order valence-corrected chi connectivity index (χ0v) is 17.3. The van der Waals surface area contributed by atoms with Gasteiger partial charge in [-0.3, -0.25) is 19.3 Å². The minimum atomic E-state index is -0.361. The van der Waals surface area contributed by atoms with E-state index in [4.69, 9.17) is 4.42 Å². The molecule has 0 spiro atoms. The van der Waals surface area contributed by atoms with E-state index >= 15 is 0 Å². The molecule has 3 aromatic carbocycles. The Balaban J connectivity index is 1.21. The van der Waals surface area contributed by atoms with Gasteiger partial charge in [-0.15, -0.1) is 0 Å². The van der Waals surface area contributed by atoms with Crippen LogP contribution in [0.5, 0.6) is 0 Å². The molecule has 32 heavy (non-hydrogen) atoms. The topological polar surface area (TPSA) is 92.5 Å². The molecule has 3 amide bonds. The van der Waals surface area contributed by atoms with Crippen molar-refractivity contribution < 1.29 is 18.8 Å². The summed E-state index contributed by atoms with van der Waals surface area (Å²) < 4.78 is 5.76. The van der Waals surface area contributed by atoms with E-state index in [-0.39, 0.29) is 30.7 Å². The van der Waals surface area contributed by atoms with Gasteiger partial charge in [0.15, 0.2) is 5.58 Å². The molecule has 4 aromatic rings. The molecule has 7 heteroatoms. The second-order valence-corrected chi connectivity index (χ2v) is 7.67. The van der Waals surface area contributed by atoms with Crippen molar-refractivity contribution in [1.29, 1.82) is 0 Å². The van der Waals surface area contributed by atoms with Gasteiger partial charge in [-0.25, -0.2) is 4.98 Å². The number of amides is 3. The van der Waals surface area contributed by atoms with Crippen LogP contribution < -0.4 is 5.32 Å². The first-order valence-corrected chi connectivity index (χ1v) is 10.2. The summed E-state index contributed by atoms with van der Waals surface area (Å²) in [7, 11) is 0. The number of carbonyl (C=O) groups excluding carboxylic acids is 3. The van der Waals surface area contributed by atoms with E-state index in [0.717, 1.165) is 21.5 Å². The van der Waals surface area contributed by atoms with Crippen molar-refractivity contribution in [2.45, 2.75) is 13.3 Å². The molecule has 1 aliphatic rings. The molecule has 0 saturated carbocycles. The van der Waals surface area contributed by atoms with E-state index in [2.05, 4.69) is 10.3 Å². The summed E-state index contributed by atoms with van der Waals surface area (Å²) >= 11 is 0. The lowest BCUT2D eigenvalue weighted by molar-refractivity contribution is -0.116. The second-order valence-electron chi connectivity index (χ2n) is 7.67. The van der Waals surface area contributed by atoms with Crippen LogP contribution in [0.15, 0.2) is 71.1 Å². The van der Waals surface area contributed by atoms with Crippen molar-refractivity contribution in [1.82, 2.24) is 9.88 Å². The SMILES string of the molecule is Cc1ccc2c(c1)C(=O)N(CCC(=O)Nc1ccc(-c3nc4ccccc4o3)cc1)C2=O. The number of hydrogen-bond donors (Lipinski definition) is 1. The number of benzene rings is 3. The normalized spacial score (nSPS) is 13.0. The third-order valence-corrected chi connectivity index (χ3v) is 5.40. The van der Waals surface area contributed by atoms with Gasteiger partial charge in [-0.05, 0) is 55.5 Å². The Morgan fingerprint density at radius 1 is 0.969 bits per heavy atom. The van der Waals surface area contributed by atoms with Crippen molar-refractivity contribution in [2.24, 2.45) is 0 Å². The summed E-state index contributed by atoms with van der Waals surface area (Å²) in [5.74, 6) is -0.498. The number of nitrogens with zero attached hydrogens (tertiary/aromatic N) is 2. The number of anilines is 1. The predicted octanol–water partition coefficient (Wildman–Crippen LogP) is 4.43. The Kier molecular flexibility index (Phi) is 4.78. The number of hydrogen-bond acceptors (Lipinski definition) is 5. The number of para-hydroxylation sites is 2. The Bertz CT molecular complexity index is 1340. The van der Waals surface area contributed by atoms with Crippen molar-refractivity contribution >= 4 is 34.5 Å². The lowest BCUT2D eigenvalue weighted by atomic mass is 10.1. The molecule has 0 aliphatic carbocycles. The van der Waals surface area contributed by atoms with Crippen LogP contribution in [0.2, 0.25) is 0 Å². The van der Waals surface area contributed by atoms with Gasteiger partial charge in [0.2, 0.25) is 11.8 Å². The fourth-order valence-corrected chi connectivity index (χ4v) is 3.74. The Labute approximate surface area is 183 Å². The van der Waals surface area contributed by atoms with E-state index in [0.29, 0.717) is 28.3 Å². The maximum atomic E-state index is 12.5. The molecule has 0 saturated heterocycles. The fraction of sp³-hybridized carbons (Fsp3) is 0.120. The number of fused-ring (bicyclic) bond motifs is 2. The van der Waals surface area contributed by atoms with Crippen LogP contribution in [0.1, 0.15) is 32.7 Å². The molecule has 7 nitrogen and oxygen atoms in total. The number of rotatable bonds is 5. The zero-order chi connectivity index (χ0) is 22.2. The monoisotopic (exact) mass is 425 g/mol. The third-order valence-electron chi connectivity index (χ3n) is 5.40. The highest BCUT2D eigenvalue weighted by Gasteiger charge is 2.35. The lowest BCUT2D eigenvalue weighted by Crippen LogP contribution is -2.32. The fourth-order valence-electron chi connectivity index (χ4n) is 3.74. The molecule has 0 atom stereocenters. The van der Waals surface area contributed by atoms with Gasteiger partial charge in [0.05, 0.1) is 11.1 Å². The van der Waals surface area contributed by atoms with Crippen molar-refractivity contribution in [3.8, 4) is 11.5 Å². The van der Waals surface area contributed by atoms with Crippen LogP contribution in [0, 0.1) is 6.92 Å². The average Bonchev–Trinajstić information content (AvgIpc) is 3.32. The lowest BCUT2D eigenvalue weighted by Gasteiger charge is -2.13. The van der Waals surface area contributed by atoms with Gasteiger partial charge in [-0.1, -0.05) is 23.8 Å². The number of imide groups is 1. The van der Waals surface area contributed by atoms with Gasteiger partial charge in [0.25, 0.3) is 11.8 Å². The minimum absolute atomic E-state index is 0.0112. The molecular weight excluding hydrogens is 406 g/mol. The maximum absolute atomic E-state index is 12.5. The summed E-state index contributed by atoms with van der Waals surface area (Å²) in [4.78, 5) is 43.0. The smallest absolute Gasteiger partial charge is 0.261 e. The Morgan fingerprint density at radius 3 is 2.50 bits per heavy atom. The summed E-state index contributed by atoms with van der Waals surface area (Å²) in [6.07, 6.45) is 0.0112. The average molecular weight is 425 g/mol. The Morgan fingerprint density at radius 2 is 1.72 bits per heavy atom. The molecule has 1 aromatic heterocycles. The van der Waals surface area contributed by atoms with Crippen LogP contribution in [-0.2, 0) is 4.79 Å². The highest BCUT2D eigenvalue weighted by atomic mass is 16.3. The van der Waals surface area contributed by atoms with Crippen LogP contribution in [-0.4, -0.2) is 34.2 Å². The largest absolute Gasteiger partial charge is 0.436 e. The number of aryl methyl sites for hydroxylation is 1. The molecule has 0 radical (unpaired) electrons. The highest BCUT2D eigenvalue weighted by molar-refractivity contribution is 6.21. The summed E-state index contributed by atoms with van der Waals surface area (Å²) in [6, 6.07) is 19.8. The molecule has 1 aliphatic heterocycles. The first-order valence-electron chi connectivity index (χ1n) is 10.2. The summed E-state index contributed by atoms with van der Waals surface area (Å²) in [5.41, 5.74) is 4.58. The van der Waals surface area contributed by atoms with Gasteiger partial charge in [-0.2, -0.15) is 0 Å². The van der Waals surface area contributed by atoms with E-state index in [1.807, 2.05) is 43.3 Å². The van der Waals surface area contributed by atoms with Crippen molar-refractivity contribution in [2.75, 3.05) is 11.9 Å². The maximum Gasteiger partial charge on any atom is 0.261 e. The highest BCUT2D eigenvalue weighted by Crippen LogP contribution is 2.26. The number of oxazole rings is 1. The molecule has 0 fully saturated rings. The Hall–Kier alpha value is -4.26. The van der Waals surface area contributed by atoms with Crippen LogP contribution in [0.3, 0.4) is 0 Å². The van der Waals surface area contributed by atoms with Gasteiger partial charge in [0.1, 0.15) is 5.52 Å². The minimum Gasteiger partial charge on any atom is -0.436 e. The quantitative estimate of drug-likeness (QED) is 0.478. The van der Waals surface area contributed by atoms with Gasteiger partial charge >= 0.3 is 0 Å². The van der Waals surface area contributed by atoms with E-state index in [1.54, 1.807) is 30.3 Å². The molecule has 0 bridgehead atoms. The van der Waals surface area contributed by atoms with Crippen LogP contribution >= 0.6 is 0 Å². The predicted molar refractivity (Wildman–Crippen MR) is 119 cm³/mol. The van der Waals surface area contributed by atoms with Crippen molar-refractivity contribution in [3.05, 3.63) is 83.4 Å². The number of carbonyl (C=O) groups is 3. The molecular formula is C25H19N3O4. The third kappa shape index (κ3) is 3.54. The molecule has 158 valence electrons. The second kappa shape index (κ2) is 7.77. The number of aromatic nitrogens is 1. The van der Waals surface area contributed by atoms with Gasteiger partial charge < -0.3 is 9.73 Å². The first-order chi connectivity index (χ1) is 15.5. The summed E-state index contributed by atoms with van der Waals surface area (Å²) in [5, 5.41) is 2.79. The first kappa shape index (κ1) is 19.7. The zero-order valence-electron chi connectivity index (χ0n) is 17.3. The molecule has 2 heterocycles. The van der Waals surface area contributed by atoms with Crippen molar-refractivity contribution in [3.63, 3.8) is 0 Å². The standard InChI is InChI=1S/C25H19N3O4/c1-15-6-11-18-19(14-15)25(31)28(24(18)30)13-12-22(29)26-17-9-7-16(8-10-17)23-27-20-4-2-3-5-21(20)32-23/h2-11,14H,12-13H2,1H3,(H,26,29). The van der Waals surface area contributed by atoms with E-state index in [9.17, 15) is 14.4 Å². The van der Waals surface area contributed by atoms with Gasteiger partial charge in [0, 0.05) is 24.2 Å². The summed E-state index contributed by atoms with van der Waals surface area (Å²) in [6.45, 7) is 1.89. The molecule has 1 N–H and O–H groups in total. The molecule has 0 unspecified atom stereocenters. The van der Waals surface area contributed by atoms with E-state index < -0.39 is 0 Å². The van der Waals surface area contributed by atoms with E-state index in [1.165, 1.54) is 0 Å². The number of nitrogens with one attached hydrogen (secondary N) is 1. The van der Waals surface area contributed by atoms with Crippen LogP contribution in [0.25, 0.3) is 22.6 Å². The van der Waals surface area contributed by atoms with Crippen LogP contribution in [0.4, 0.5) is 5.69 Å².